The van der Waals surface area contributed by atoms with Crippen LogP contribution in [0.25, 0.3) is 10.8 Å². The minimum atomic E-state index is 0.0246. The fourth-order valence-corrected chi connectivity index (χ4v) is 2.96. The zero-order chi connectivity index (χ0) is 16.3. The lowest BCUT2D eigenvalue weighted by atomic mass is 9.96. The first-order valence-corrected chi connectivity index (χ1v) is 7.81. The number of aryl methyl sites for hydroxylation is 2. The third-order valence-electron chi connectivity index (χ3n) is 4.16. The van der Waals surface area contributed by atoms with Crippen LogP contribution in [0.4, 0.5) is 0 Å². The normalized spacial score (nSPS) is 10.9. The largest absolute Gasteiger partial charge is 0.359 e. The number of hydrogen-bond acceptors (Lipinski definition) is 2. The van der Waals surface area contributed by atoms with Gasteiger partial charge < -0.3 is 9.88 Å². The molecule has 1 amide bonds. The van der Waals surface area contributed by atoms with Crippen molar-refractivity contribution in [3.8, 4) is 0 Å². The molecule has 1 aromatic carbocycles. The lowest BCUT2D eigenvalue weighted by molar-refractivity contribution is -0.120. The smallest absolute Gasteiger partial charge is 0.258 e. The summed E-state index contributed by atoms with van der Waals surface area (Å²) in [7, 11) is 3.48. The molecule has 0 saturated heterocycles. The predicted octanol–water partition coefficient (Wildman–Crippen LogP) is 2.48. The van der Waals surface area contributed by atoms with E-state index in [0.717, 1.165) is 40.4 Å². The molecule has 4 heteroatoms. The molecule has 2 rings (SSSR count). The van der Waals surface area contributed by atoms with Crippen LogP contribution in [0.1, 0.15) is 36.6 Å². The third-order valence-corrected chi connectivity index (χ3v) is 4.16. The van der Waals surface area contributed by atoms with Crippen LogP contribution in [0.5, 0.6) is 0 Å². The average molecular weight is 300 g/mol. The highest BCUT2D eigenvalue weighted by Gasteiger charge is 2.15. The number of nitrogens with zero attached hydrogens (tertiary/aromatic N) is 1. The Balaban J connectivity index is 2.67. The van der Waals surface area contributed by atoms with Gasteiger partial charge in [0.15, 0.2) is 0 Å². The van der Waals surface area contributed by atoms with Gasteiger partial charge in [0.25, 0.3) is 5.56 Å². The number of amides is 1. The first-order valence-electron chi connectivity index (χ1n) is 7.81. The second-order valence-corrected chi connectivity index (χ2v) is 5.76. The Morgan fingerprint density at radius 3 is 2.59 bits per heavy atom. The molecule has 0 aliphatic rings. The summed E-state index contributed by atoms with van der Waals surface area (Å²) in [6.07, 6.45) is 2.91. The van der Waals surface area contributed by atoms with Gasteiger partial charge in [-0.05, 0) is 36.8 Å². The number of aromatic nitrogens is 1. The van der Waals surface area contributed by atoms with Crippen molar-refractivity contribution in [2.45, 2.75) is 39.5 Å². The van der Waals surface area contributed by atoms with Crippen molar-refractivity contribution in [1.82, 2.24) is 9.88 Å². The molecule has 22 heavy (non-hydrogen) atoms. The molecule has 2 aromatic rings. The molecule has 0 spiro atoms. The van der Waals surface area contributed by atoms with Gasteiger partial charge in [0.2, 0.25) is 5.91 Å². The van der Waals surface area contributed by atoms with E-state index in [2.05, 4.69) is 12.2 Å². The molecule has 1 aromatic heterocycles. The molecule has 0 radical (unpaired) electrons. The van der Waals surface area contributed by atoms with Crippen LogP contribution in [-0.4, -0.2) is 17.5 Å². The highest BCUT2D eigenvalue weighted by molar-refractivity contribution is 5.87. The second-order valence-electron chi connectivity index (χ2n) is 5.76. The fourth-order valence-electron chi connectivity index (χ4n) is 2.96. The summed E-state index contributed by atoms with van der Waals surface area (Å²) in [6, 6.07) is 5.99. The first kappa shape index (κ1) is 16.3. The van der Waals surface area contributed by atoms with E-state index in [0.29, 0.717) is 12.8 Å². The Morgan fingerprint density at radius 2 is 1.95 bits per heavy atom. The van der Waals surface area contributed by atoms with Gasteiger partial charge in [-0.2, -0.15) is 0 Å². The summed E-state index contributed by atoms with van der Waals surface area (Å²) in [5.74, 6) is 0.0246. The Hall–Kier alpha value is -2.10. The second kappa shape index (κ2) is 6.77. The number of rotatable bonds is 5. The van der Waals surface area contributed by atoms with Gasteiger partial charge in [0.05, 0.1) is 0 Å². The first-order chi connectivity index (χ1) is 10.5. The van der Waals surface area contributed by atoms with E-state index in [1.54, 1.807) is 11.6 Å². The SMILES string of the molecule is CCCc1c(CCC(=O)NC)c2ccc(C)cc2c(=O)n1C. The van der Waals surface area contributed by atoms with E-state index < -0.39 is 0 Å². The van der Waals surface area contributed by atoms with Crippen molar-refractivity contribution >= 4 is 16.7 Å². The molecule has 0 bridgehead atoms. The zero-order valence-electron chi connectivity index (χ0n) is 13.8. The number of nitrogens with one attached hydrogen (secondary N) is 1. The highest BCUT2D eigenvalue weighted by atomic mass is 16.1. The molecule has 4 nitrogen and oxygen atoms in total. The van der Waals surface area contributed by atoms with Gasteiger partial charge in [0, 0.05) is 31.6 Å². The van der Waals surface area contributed by atoms with Gasteiger partial charge in [-0.1, -0.05) is 31.0 Å². The molecule has 0 fully saturated rings. The van der Waals surface area contributed by atoms with Gasteiger partial charge in [-0.3, -0.25) is 9.59 Å². The predicted molar refractivity (Wildman–Crippen MR) is 90.3 cm³/mol. The van der Waals surface area contributed by atoms with Crippen LogP contribution in [0.2, 0.25) is 0 Å². The molecule has 1 heterocycles. The van der Waals surface area contributed by atoms with Crippen molar-refractivity contribution < 1.29 is 4.79 Å². The Labute approximate surface area is 131 Å². The number of carbonyl (C=O) groups excluding carboxylic acids is 1. The summed E-state index contributed by atoms with van der Waals surface area (Å²) in [6.45, 7) is 4.09. The molecule has 0 aliphatic carbocycles. The number of carbonyl (C=O) groups is 1. The quantitative estimate of drug-likeness (QED) is 0.922. The minimum Gasteiger partial charge on any atom is -0.359 e. The van der Waals surface area contributed by atoms with E-state index >= 15 is 0 Å². The van der Waals surface area contributed by atoms with Crippen molar-refractivity contribution in [3.05, 3.63) is 45.4 Å². The lowest BCUT2D eigenvalue weighted by Crippen LogP contribution is -2.24. The van der Waals surface area contributed by atoms with Gasteiger partial charge in [0.1, 0.15) is 0 Å². The summed E-state index contributed by atoms with van der Waals surface area (Å²) < 4.78 is 1.75. The van der Waals surface area contributed by atoms with E-state index in [1.165, 1.54) is 0 Å². The molecule has 0 saturated carbocycles. The van der Waals surface area contributed by atoms with Crippen molar-refractivity contribution in [2.24, 2.45) is 7.05 Å². The maximum Gasteiger partial charge on any atom is 0.258 e. The topological polar surface area (TPSA) is 51.1 Å². The number of hydrogen-bond donors (Lipinski definition) is 1. The maximum atomic E-state index is 12.6. The third kappa shape index (κ3) is 3.06. The van der Waals surface area contributed by atoms with Crippen LogP contribution in [0.3, 0.4) is 0 Å². The summed E-state index contributed by atoms with van der Waals surface area (Å²) in [5.41, 5.74) is 3.30. The van der Waals surface area contributed by atoms with E-state index in [9.17, 15) is 9.59 Å². The van der Waals surface area contributed by atoms with Crippen LogP contribution in [0.15, 0.2) is 23.0 Å². The van der Waals surface area contributed by atoms with Gasteiger partial charge in [-0.15, -0.1) is 0 Å². The highest BCUT2D eigenvalue weighted by Crippen LogP contribution is 2.23. The van der Waals surface area contributed by atoms with E-state index in [1.807, 2.05) is 32.2 Å². The fraction of sp³-hybridized carbons (Fsp3) is 0.444. The maximum absolute atomic E-state index is 12.6. The molecule has 0 atom stereocenters. The zero-order valence-corrected chi connectivity index (χ0v) is 13.8. The van der Waals surface area contributed by atoms with E-state index in [-0.39, 0.29) is 11.5 Å². The summed E-state index contributed by atoms with van der Waals surface area (Å²) in [5, 5.41) is 4.39. The van der Waals surface area contributed by atoms with Gasteiger partial charge >= 0.3 is 0 Å². The Bertz CT molecular complexity index is 760. The molecule has 1 N–H and O–H groups in total. The van der Waals surface area contributed by atoms with Crippen molar-refractivity contribution in [1.29, 1.82) is 0 Å². The monoisotopic (exact) mass is 300 g/mol. The van der Waals surface area contributed by atoms with E-state index in [4.69, 9.17) is 0 Å². The summed E-state index contributed by atoms with van der Waals surface area (Å²) >= 11 is 0. The van der Waals surface area contributed by atoms with Crippen LogP contribution in [0, 0.1) is 6.92 Å². The van der Waals surface area contributed by atoms with Gasteiger partial charge in [-0.25, -0.2) is 0 Å². The van der Waals surface area contributed by atoms with Crippen LogP contribution < -0.4 is 10.9 Å². The van der Waals surface area contributed by atoms with Crippen LogP contribution in [-0.2, 0) is 24.7 Å². The summed E-state index contributed by atoms with van der Waals surface area (Å²) in [4.78, 5) is 24.2. The number of pyridine rings is 1. The Morgan fingerprint density at radius 1 is 1.23 bits per heavy atom. The minimum absolute atomic E-state index is 0.0246. The molecule has 118 valence electrons. The average Bonchev–Trinajstić information content (AvgIpc) is 2.52. The molecule has 0 aliphatic heterocycles. The standard InChI is InChI=1S/C18H24N2O2/c1-5-6-16-14(9-10-17(21)19-3)13-8-7-12(2)11-15(13)18(22)20(16)4/h7-8,11H,5-6,9-10H2,1-4H3,(H,19,21). The Kier molecular flexibility index (Phi) is 5.01. The number of benzene rings is 1. The molecular formula is C18H24N2O2. The molecule has 0 unspecified atom stereocenters. The number of fused-ring (bicyclic) bond motifs is 1. The van der Waals surface area contributed by atoms with Crippen LogP contribution >= 0.6 is 0 Å². The van der Waals surface area contributed by atoms with Crippen molar-refractivity contribution in [3.63, 3.8) is 0 Å². The van der Waals surface area contributed by atoms with Crippen molar-refractivity contribution in [2.75, 3.05) is 7.05 Å². The lowest BCUT2D eigenvalue weighted by Gasteiger charge is -2.17. The molecular weight excluding hydrogens is 276 g/mol.